The van der Waals surface area contributed by atoms with Crippen LogP contribution in [0.4, 0.5) is 8.78 Å². The molecule has 0 fully saturated rings. The van der Waals surface area contributed by atoms with E-state index >= 15 is 0 Å². The summed E-state index contributed by atoms with van der Waals surface area (Å²) in [5.41, 5.74) is 3.57. The number of alkyl halides is 2. The van der Waals surface area contributed by atoms with Gasteiger partial charge in [-0.25, -0.2) is 4.98 Å². The van der Waals surface area contributed by atoms with Crippen molar-refractivity contribution in [3.05, 3.63) is 53.1 Å². The fourth-order valence-corrected chi connectivity index (χ4v) is 2.27. The third-order valence-corrected chi connectivity index (χ3v) is 3.54. The van der Waals surface area contributed by atoms with Crippen molar-refractivity contribution >= 4 is 29.9 Å². The van der Waals surface area contributed by atoms with E-state index in [1.54, 1.807) is 7.05 Å². The summed E-state index contributed by atoms with van der Waals surface area (Å²) >= 11 is 0. The number of benzene rings is 1. The van der Waals surface area contributed by atoms with Gasteiger partial charge in [0.1, 0.15) is 5.82 Å². The molecule has 0 bridgehead atoms. The number of imidazole rings is 1. The highest BCUT2D eigenvalue weighted by molar-refractivity contribution is 14.0. The van der Waals surface area contributed by atoms with Crippen molar-refractivity contribution in [2.75, 3.05) is 7.05 Å². The van der Waals surface area contributed by atoms with Crippen LogP contribution in [0.15, 0.2) is 35.6 Å². The number of hydrogen-bond acceptors (Lipinski definition) is 2. The zero-order valence-electron chi connectivity index (χ0n) is 13.9. The Balaban J connectivity index is 0.00000288. The minimum Gasteiger partial charge on any atom is -0.352 e. The topological polar surface area (TPSA) is 54.2 Å². The Hall–Kier alpha value is -1.71. The van der Waals surface area contributed by atoms with Gasteiger partial charge in [0.15, 0.2) is 5.96 Å². The van der Waals surface area contributed by atoms with Gasteiger partial charge in [0.2, 0.25) is 0 Å². The molecular weight excluding hydrogens is 427 g/mol. The molecule has 2 N–H and O–H groups in total. The number of aromatic nitrogens is 2. The smallest absolute Gasteiger partial charge is 0.319 e. The van der Waals surface area contributed by atoms with Gasteiger partial charge in [0.05, 0.1) is 6.54 Å². The lowest BCUT2D eigenvalue weighted by atomic mass is 10.1. The van der Waals surface area contributed by atoms with E-state index in [4.69, 9.17) is 0 Å². The van der Waals surface area contributed by atoms with E-state index in [-0.39, 0.29) is 36.3 Å². The number of nitrogens with one attached hydrogen (secondary N) is 2. The van der Waals surface area contributed by atoms with Crippen LogP contribution in [0.25, 0.3) is 0 Å². The molecule has 1 aromatic carbocycles. The van der Waals surface area contributed by atoms with Crippen molar-refractivity contribution in [2.24, 2.45) is 4.99 Å². The molecule has 2 rings (SSSR count). The molecule has 132 valence electrons. The molecule has 0 unspecified atom stereocenters. The number of halogens is 3. The molecule has 2 aromatic rings. The van der Waals surface area contributed by atoms with Crippen LogP contribution in [-0.4, -0.2) is 22.6 Å². The van der Waals surface area contributed by atoms with Gasteiger partial charge in [-0.2, -0.15) is 8.78 Å². The molecule has 1 heterocycles. The standard InChI is InChI=1S/C16H21F2N5.HI/c1-11-4-5-13(12(2)8-11)9-21-16(19-3)22-10-14-20-6-7-23(14)15(17)18;/h4-8,15H,9-10H2,1-3H3,(H2,19,21,22);1H. The summed E-state index contributed by atoms with van der Waals surface area (Å²) in [6.45, 7) is 2.29. The van der Waals surface area contributed by atoms with Crippen LogP contribution in [0.5, 0.6) is 0 Å². The molecule has 24 heavy (non-hydrogen) atoms. The molecule has 0 amide bonds. The number of guanidine groups is 1. The van der Waals surface area contributed by atoms with E-state index in [1.165, 1.54) is 23.5 Å². The Kier molecular flexibility index (Phi) is 8.09. The van der Waals surface area contributed by atoms with Crippen LogP contribution < -0.4 is 10.6 Å². The largest absolute Gasteiger partial charge is 0.352 e. The highest BCUT2D eigenvalue weighted by Gasteiger charge is 2.11. The van der Waals surface area contributed by atoms with Crippen LogP contribution in [0.1, 0.15) is 29.1 Å². The zero-order valence-corrected chi connectivity index (χ0v) is 16.2. The first kappa shape index (κ1) is 20.3. The van der Waals surface area contributed by atoms with Crippen LogP contribution in [0, 0.1) is 13.8 Å². The SMILES string of the molecule is CN=C(NCc1ccc(C)cc1C)NCc1nccn1C(F)F.I. The summed E-state index contributed by atoms with van der Waals surface area (Å²) in [7, 11) is 1.64. The Labute approximate surface area is 157 Å². The summed E-state index contributed by atoms with van der Waals surface area (Å²) in [5, 5.41) is 6.16. The molecule has 0 saturated heterocycles. The number of aryl methyl sites for hydroxylation is 2. The number of hydrogen-bond donors (Lipinski definition) is 2. The van der Waals surface area contributed by atoms with E-state index in [9.17, 15) is 8.78 Å². The fraction of sp³-hybridized carbons (Fsp3) is 0.375. The summed E-state index contributed by atoms with van der Waals surface area (Å²) < 4.78 is 26.3. The summed E-state index contributed by atoms with van der Waals surface area (Å²) in [6, 6.07) is 6.24. The van der Waals surface area contributed by atoms with Gasteiger partial charge in [-0.1, -0.05) is 23.8 Å². The lowest BCUT2D eigenvalue weighted by Crippen LogP contribution is -2.37. The summed E-state index contributed by atoms with van der Waals surface area (Å²) in [6.07, 6.45) is 2.61. The third kappa shape index (κ3) is 5.43. The first-order chi connectivity index (χ1) is 11.0. The Morgan fingerprint density at radius 1 is 1.25 bits per heavy atom. The second-order valence-electron chi connectivity index (χ2n) is 5.24. The maximum absolute atomic E-state index is 12.8. The molecule has 0 aliphatic carbocycles. The molecule has 1 aromatic heterocycles. The van der Waals surface area contributed by atoms with Crippen molar-refractivity contribution < 1.29 is 8.78 Å². The van der Waals surface area contributed by atoms with E-state index in [1.807, 2.05) is 0 Å². The van der Waals surface area contributed by atoms with Crippen LogP contribution >= 0.6 is 24.0 Å². The first-order valence-electron chi connectivity index (χ1n) is 7.31. The van der Waals surface area contributed by atoms with Crippen molar-refractivity contribution in [3.8, 4) is 0 Å². The van der Waals surface area contributed by atoms with Crippen molar-refractivity contribution in [2.45, 2.75) is 33.5 Å². The molecule has 0 aliphatic heterocycles. The van der Waals surface area contributed by atoms with Gasteiger partial charge >= 0.3 is 6.55 Å². The molecule has 8 heteroatoms. The third-order valence-electron chi connectivity index (χ3n) is 3.54. The molecule has 0 atom stereocenters. The molecule has 5 nitrogen and oxygen atoms in total. The van der Waals surface area contributed by atoms with Crippen LogP contribution in [0.3, 0.4) is 0 Å². The van der Waals surface area contributed by atoms with Gasteiger partial charge in [-0.05, 0) is 25.0 Å². The molecular formula is C16H22F2IN5. The molecule has 0 saturated carbocycles. The number of aliphatic imine (C=N–C) groups is 1. The number of rotatable bonds is 5. The van der Waals surface area contributed by atoms with Gasteiger partial charge in [-0.15, -0.1) is 24.0 Å². The van der Waals surface area contributed by atoms with Crippen LogP contribution in [0.2, 0.25) is 0 Å². The average molecular weight is 449 g/mol. The molecule has 0 aliphatic rings. The van der Waals surface area contributed by atoms with Crippen molar-refractivity contribution in [1.82, 2.24) is 20.2 Å². The lowest BCUT2D eigenvalue weighted by molar-refractivity contribution is 0.0668. The molecule has 0 spiro atoms. The van der Waals surface area contributed by atoms with E-state index < -0.39 is 6.55 Å². The predicted molar refractivity (Wildman–Crippen MR) is 102 cm³/mol. The summed E-state index contributed by atoms with van der Waals surface area (Å²) in [5.74, 6) is 0.795. The Morgan fingerprint density at radius 3 is 2.58 bits per heavy atom. The zero-order chi connectivity index (χ0) is 16.8. The predicted octanol–water partition coefficient (Wildman–Crippen LogP) is 3.38. The maximum atomic E-state index is 12.8. The molecule has 0 radical (unpaired) electrons. The number of nitrogens with zero attached hydrogens (tertiary/aromatic N) is 3. The van der Waals surface area contributed by atoms with Crippen molar-refractivity contribution in [1.29, 1.82) is 0 Å². The fourth-order valence-electron chi connectivity index (χ4n) is 2.27. The van der Waals surface area contributed by atoms with E-state index in [0.717, 1.165) is 10.1 Å². The maximum Gasteiger partial charge on any atom is 0.319 e. The highest BCUT2D eigenvalue weighted by Crippen LogP contribution is 2.12. The Morgan fingerprint density at radius 2 is 1.96 bits per heavy atom. The van der Waals surface area contributed by atoms with Gasteiger partial charge in [-0.3, -0.25) is 9.56 Å². The first-order valence-corrected chi connectivity index (χ1v) is 7.31. The van der Waals surface area contributed by atoms with Gasteiger partial charge in [0.25, 0.3) is 0 Å². The monoisotopic (exact) mass is 449 g/mol. The van der Waals surface area contributed by atoms with E-state index in [0.29, 0.717) is 12.5 Å². The normalized spacial score (nSPS) is 11.3. The second kappa shape index (κ2) is 9.55. The minimum absolute atomic E-state index is 0. The van der Waals surface area contributed by atoms with Gasteiger partial charge < -0.3 is 10.6 Å². The Bertz CT molecular complexity index is 685. The quantitative estimate of drug-likeness (QED) is 0.418. The van der Waals surface area contributed by atoms with Gasteiger partial charge in [0, 0.05) is 26.0 Å². The summed E-state index contributed by atoms with van der Waals surface area (Å²) in [4.78, 5) is 8.02. The average Bonchev–Trinajstić information content (AvgIpc) is 2.98. The van der Waals surface area contributed by atoms with Crippen LogP contribution in [-0.2, 0) is 13.1 Å². The lowest BCUT2D eigenvalue weighted by Gasteiger charge is -2.14. The minimum atomic E-state index is -2.60. The highest BCUT2D eigenvalue weighted by atomic mass is 127. The van der Waals surface area contributed by atoms with Crippen molar-refractivity contribution in [3.63, 3.8) is 0 Å². The van der Waals surface area contributed by atoms with E-state index in [2.05, 4.69) is 52.7 Å². The second-order valence-corrected chi connectivity index (χ2v) is 5.24.